The molecule has 4 heteroatoms. The van der Waals surface area contributed by atoms with Crippen LogP contribution in [-0.2, 0) is 0 Å². The number of amides is 1. The van der Waals surface area contributed by atoms with Gasteiger partial charge in [-0.1, -0.05) is 6.92 Å². The molecule has 0 saturated carbocycles. The Hall–Kier alpha value is -1.58. The summed E-state index contributed by atoms with van der Waals surface area (Å²) in [7, 11) is 0. The maximum atomic E-state index is 13.2. The second-order valence-corrected chi connectivity index (χ2v) is 3.62. The van der Waals surface area contributed by atoms with Crippen LogP contribution in [-0.4, -0.2) is 23.9 Å². The molecule has 0 aliphatic carbocycles. The highest BCUT2D eigenvalue weighted by Gasteiger charge is 2.14. The number of nitrogen functional groups attached to an aromatic ring is 1. The number of hydrogen-bond donors (Lipinski definition) is 1. The Morgan fingerprint density at radius 3 is 2.62 bits per heavy atom. The minimum Gasteiger partial charge on any atom is -0.396 e. The van der Waals surface area contributed by atoms with Gasteiger partial charge in [0.25, 0.3) is 5.91 Å². The molecule has 1 aromatic rings. The van der Waals surface area contributed by atoms with Crippen molar-refractivity contribution in [1.29, 1.82) is 0 Å². The molecule has 1 rings (SSSR count). The van der Waals surface area contributed by atoms with E-state index >= 15 is 0 Å². The average molecular weight is 224 g/mol. The van der Waals surface area contributed by atoms with E-state index in [4.69, 9.17) is 5.73 Å². The quantitative estimate of drug-likeness (QED) is 0.797. The van der Waals surface area contributed by atoms with Gasteiger partial charge in [-0.2, -0.15) is 0 Å². The summed E-state index contributed by atoms with van der Waals surface area (Å²) in [5.74, 6) is -0.693. The molecule has 3 nitrogen and oxygen atoms in total. The minimum atomic E-state index is -0.543. The van der Waals surface area contributed by atoms with E-state index in [-0.39, 0.29) is 11.6 Å². The second kappa shape index (κ2) is 5.49. The van der Waals surface area contributed by atoms with Crippen molar-refractivity contribution in [2.75, 3.05) is 18.8 Å². The van der Waals surface area contributed by atoms with Crippen LogP contribution in [0.3, 0.4) is 0 Å². The molecule has 0 radical (unpaired) electrons. The van der Waals surface area contributed by atoms with Gasteiger partial charge in [-0.25, -0.2) is 4.39 Å². The molecular formula is C12H17FN2O. The predicted molar refractivity (Wildman–Crippen MR) is 62.7 cm³/mol. The number of carbonyl (C=O) groups is 1. The summed E-state index contributed by atoms with van der Waals surface area (Å²) in [4.78, 5) is 13.6. The van der Waals surface area contributed by atoms with Gasteiger partial charge in [0.2, 0.25) is 0 Å². The molecule has 0 heterocycles. The number of nitrogens with two attached hydrogens (primary N) is 1. The van der Waals surface area contributed by atoms with Gasteiger partial charge in [-0.05, 0) is 31.5 Å². The summed E-state index contributed by atoms with van der Waals surface area (Å²) in [6.45, 7) is 5.21. The van der Waals surface area contributed by atoms with Crippen molar-refractivity contribution in [2.24, 2.45) is 0 Å². The number of halogens is 1. The third kappa shape index (κ3) is 2.72. The van der Waals surface area contributed by atoms with E-state index in [1.165, 1.54) is 12.1 Å². The fraction of sp³-hybridized carbons (Fsp3) is 0.417. The van der Waals surface area contributed by atoms with Crippen LogP contribution in [0.5, 0.6) is 0 Å². The van der Waals surface area contributed by atoms with Gasteiger partial charge >= 0.3 is 0 Å². The van der Waals surface area contributed by atoms with E-state index in [1.54, 1.807) is 11.0 Å². The standard InChI is InChI=1S/C12H17FN2O/c1-3-7-15(4-2)12(16)9-5-6-11(14)10(13)8-9/h5-6,8H,3-4,7,14H2,1-2H3. The van der Waals surface area contributed by atoms with Crippen LogP contribution in [0, 0.1) is 5.82 Å². The van der Waals surface area contributed by atoms with Gasteiger partial charge < -0.3 is 10.6 Å². The van der Waals surface area contributed by atoms with Crippen molar-refractivity contribution in [1.82, 2.24) is 4.90 Å². The monoisotopic (exact) mass is 224 g/mol. The van der Waals surface area contributed by atoms with Crippen molar-refractivity contribution < 1.29 is 9.18 Å². The highest BCUT2D eigenvalue weighted by molar-refractivity contribution is 5.94. The maximum absolute atomic E-state index is 13.2. The fourth-order valence-electron chi connectivity index (χ4n) is 1.52. The van der Waals surface area contributed by atoms with Crippen LogP contribution in [0.4, 0.5) is 10.1 Å². The number of hydrogen-bond acceptors (Lipinski definition) is 2. The summed E-state index contributed by atoms with van der Waals surface area (Å²) in [5.41, 5.74) is 5.77. The maximum Gasteiger partial charge on any atom is 0.253 e. The molecule has 0 bridgehead atoms. The zero-order valence-electron chi connectivity index (χ0n) is 9.66. The lowest BCUT2D eigenvalue weighted by Crippen LogP contribution is -2.31. The molecule has 0 unspecified atom stereocenters. The van der Waals surface area contributed by atoms with E-state index in [0.29, 0.717) is 18.7 Å². The first-order valence-electron chi connectivity index (χ1n) is 5.44. The first kappa shape index (κ1) is 12.5. The number of benzene rings is 1. The number of anilines is 1. The number of nitrogens with zero attached hydrogens (tertiary/aromatic N) is 1. The fourth-order valence-corrected chi connectivity index (χ4v) is 1.52. The molecule has 0 spiro atoms. The van der Waals surface area contributed by atoms with Crippen molar-refractivity contribution in [3.63, 3.8) is 0 Å². The third-order valence-electron chi connectivity index (χ3n) is 2.41. The van der Waals surface area contributed by atoms with Gasteiger partial charge in [0.05, 0.1) is 5.69 Å². The van der Waals surface area contributed by atoms with Crippen molar-refractivity contribution in [2.45, 2.75) is 20.3 Å². The highest BCUT2D eigenvalue weighted by atomic mass is 19.1. The number of rotatable bonds is 4. The average Bonchev–Trinajstić information content (AvgIpc) is 2.28. The van der Waals surface area contributed by atoms with E-state index < -0.39 is 5.82 Å². The largest absolute Gasteiger partial charge is 0.396 e. The van der Waals surface area contributed by atoms with Crippen LogP contribution in [0.2, 0.25) is 0 Å². The van der Waals surface area contributed by atoms with Crippen molar-refractivity contribution in [3.8, 4) is 0 Å². The lowest BCUT2D eigenvalue weighted by molar-refractivity contribution is 0.0764. The SMILES string of the molecule is CCCN(CC)C(=O)c1ccc(N)c(F)c1. The molecule has 16 heavy (non-hydrogen) atoms. The Labute approximate surface area is 95.0 Å². The first-order chi connectivity index (χ1) is 7.60. The van der Waals surface area contributed by atoms with Crippen LogP contribution in [0.15, 0.2) is 18.2 Å². The summed E-state index contributed by atoms with van der Waals surface area (Å²) >= 11 is 0. The highest BCUT2D eigenvalue weighted by Crippen LogP contribution is 2.13. The molecule has 1 aromatic carbocycles. The Morgan fingerprint density at radius 1 is 1.44 bits per heavy atom. The van der Waals surface area contributed by atoms with Gasteiger partial charge in [0, 0.05) is 18.7 Å². The molecule has 0 aliphatic rings. The van der Waals surface area contributed by atoms with Crippen LogP contribution >= 0.6 is 0 Å². The molecule has 0 atom stereocenters. The molecule has 2 N–H and O–H groups in total. The third-order valence-corrected chi connectivity index (χ3v) is 2.41. The molecule has 0 aliphatic heterocycles. The topological polar surface area (TPSA) is 46.3 Å². The smallest absolute Gasteiger partial charge is 0.253 e. The van der Waals surface area contributed by atoms with Crippen LogP contribution < -0.4 is 5.73 Å². The van der Waals surface area contributed by atoms with Crippen LogP contribution in [0.1, 0.15) is 30.6 Å². The first-order valence-corrected chi connectivity index (χ1v) is 5.44. The van der Waals surface area contributed by atoms with E-state index in [1.807, 2.05) is 13.8 Å². The Morgan fingerprint density at radius 2 is 2.12 bits per heavy atom. The minimum absolute atomic E-state index is 0.0649. The van der Waals surface area contributed by atoms with Crippen molar-refractivity contribution >= 4 is 11.6 Å². The predicted octanol–water partition coefficient (Wildman–Crippen LogP) is 2.28. The molecular weight excluding hydrogens is 207 g/mol. The van der Waals surface area contributed by atoms with Crippen LogP contribution in [0.25, 0.3) is 0 Å². The molecule has 0 saturated heterocycles. The Kier molecular flexibility index (Phi) is 4.28. The van der Waals surface area contributed by atoms with Crippen molar-refractivity contribution in [3.05, 3.63) is 29.6 Å². The zero-order chi connectivity index (χ0) is 12.1. The summed E-state index contributed by atoms with van der Waals surface area (Å²) in [6.07, 6.45) is 0.886. The summed E-state index contributed by atoms with van der Waals surface area (Å²) in [5, 5.41) is 0. The van der Waals surface area contributed by atoms with E-state index in [0.717, 1.165) is 6.42 Å². The summed E-state index contributed by atoms with van der Waals surface area (Å²) < 4.78 is 13.2. The van der Waals surface area contributed by atoms with E-state index in [9.17, 15) is 9.18 Å². The lowest BCUT2D eigenvalue weighted by Gasteiger charge is -2.20. The molecule has 1 amide bonds. The van der Waals surface area contributed by atoms with Gasteiger partial charge in [0.15, 0.2) is 0 Å². The van der Waals surface area contributed by atoms with E-state index in [2.05, 4.69) is 0 Å². The van der Waals surface area contributed by atoms with Gasteiger partial charge in [-0.15, -0.1) is 0 Å². The summed E-state index contributed by atoms with van der Waals surface area (Å²) in [6, 6.07) is 4.16. The molecule has 0 aromatic heterocycles. The molecule has 88 valence electrons. The molecule has 0 fully saturated rings. The van der Waals surface area contributed by atoms with Gasteiger partial charge in [0.1, 0.15) is 5.82 Å². The Bertz CT molecular complexity index is 379. The second-order valence-electron chi connectivity index (χ2n) is 3.62. The Balaban J connectivity index is 2.90. The zero-order valence-corrected chi connectivity index (χ0v) is 9.66. The van der Waals surface area contributed by atoms with Gasteiger partial charge in [-0.3, -0.25) is 4.79 Å². The lowest BCUT2D eigenvalue weighted by atomic mass is 10.1. The number of carbonyl (C=O) groups excluding carboxylic acids is 1. The normalized spacial score (nSPS) is 10.2.